The summed E-state index contributed by atoms with van der Waals surface area (Å²) >= 11 is 0. The lowest BCUT2D eigenvalue weighted by molar-refractivity contribution is -0.255. The van der Waals surface area contributed by atoms with Crippen LogP contribution in [0.4, 0.5) is 0 Å². The normalized spacial score (nSPS) is 24.1. The Balaban J connectivity index is 1.17. The minimum Gasteiger partial charge on any atom is -0.392 e. The number of likely N-dealkylation sites (tertiary alicyclic amines) is 1. The Morgan fingerprint density at radius 2 is 1.62 bits per heavy atom. The molecule has 0 radical (unpaired) electrons. The smallest absolute Gasteiger partial charge is 0.217 e. The van der Waals surface area contributed by atoms with Gasteiger partial charge in [0.15, 0.2) is 12.1 Å². The number of aliphatic hydroxyl groups is 1. The second-order valence-corrected chi connectivity index (χ2v) is 11.5. The highest BCUT2D eigenvalue weighted by Gasteiger charge is 2.41. The van der Waals surface area contributed by atoms with Crippen molar-refractivity contribution in [3.63, 3.8) is 0 Å². The first-order valence-electron chi connectivity index (χ1n) is 14.9. The Labute approximate surface area is 247 Å². The molecule has 3 saturated heterocycles. The van der Waals surface area contributed by atoms with Gasteiger partial charge in [-0.15, -0.1) is 0 Å². The number of benzene rings is 3. The first-order valence-corrected chi connectivity index (χ1v) is 14.9. The molecule has 1 spiro atoms. The van der Waals surface area contributed by atoms with Gasteiger partial charge in [0.2, 0.25) is 5.91 Å². The maximum Gasteiger partial charge on any atom is 0.217 e. The zero-order valence-corrected chi connectivity index (χ0v) is 24.2. The fourth-order valence-electron chi connectivity index (χ4n) is 6.10. The van der Waals surface area contributed by atoms with Crippen molar-refractivity contribution in [2.24, 2.45) is 0 Å². The van der Waals surface area contributed by atoms with Crippen LogP contribution in [0.25, 0.3) is 11.1 Å². The van der Waals surface area contributed by atoms with Crippen molar-refractivity contribution < 1.29 is 28.8 Å². The third-order valence-electron chi connectivity index (χ3n) is 8.49. The third-order valence-corrected chi connectivity index (χ3v) is 8.49. The van der Waals surface area contributed by atoms with E-state index < -0.39 is 12.1 Å². The lowest BCUT2D eigenvalue weighted by Gasteiger charge is -2.41. The standard InChI is InChI=1S/C34H40N2O6/c1-24(38)35-21-26-3-2-4-30(19-26)27-9-11-29(12-10-27)33-41-31(20-32(42-33)28-7-5-25(23-37)6-8-28)22-36-15-13-34(14-16-36)39-17-18-40-34/h2-12,19,31-33,37H,13-18,20-23H2,1H3,(H,35,38)/t31-,32+,33+/m0/s1. The number of nitrogens with one attached hydrogen (secondary N) is 1. The van der Waals surface area contributed by atoms with Crippen LogP contribution in [-0.4, -0.2) is 60.7 Å². The van der Waals surface area contributed by atoms with E-state index in [0.29, 0.717) is 19.8 Å². The minimum atomic E-state index is -0.496. The number of ether oxygens (including phenoxy) is 4. The second-order valence-electron chi connectivity index (χ2n) is 11.5. The molecule has 3 aliphatic rings. The number of carbonyl (C=O) groups is 1. The van der Waals surface area contributed by atoms with E-state index in [0.717, 1.165) is 72.3 Å². The molecular formula is C34H40N2O6. The van der Waals surface area contributed by atoms with Crippen LogP contribution in [-0.2, 0) is 36.9 Å². The van der Waals surface area contributed by atoms with Crippen LogP contribution < -0.4 is 5.32 Å². The lowest BCUT2D eigenvalue weighted by Crippen LogP contribution is -2.48. The Hall–Kier alpha value is -3.11. The molecule has 0 aliphatic carbocycles. The number of hydrogen-bond donors (Lipinski definition) is 2. The molecule has 8 heteroatoms. The molecule has 3 aromatic rings. The van der Waals surface area contributed by atoms with Gasteiger partial charge in [0, 0.05) is 57.9 Å². The number of piperidine rings is 1. The molecule has 0 aromatic heterocycles. The summed E-state index contributed by atoms with van der Waals surface area (Å²) in [4.78, 5) is 13.8. The summed E-state index contributed by atoms with van der Waals surface area (Å²) < 4.78 is 25.0. The Morgan fingerprint density at radius 3 is 2.31 bits per heavy atom. The molecule has 222 valence electrons. The van der Waals surface area contributed by atoms with Crippen LogP contribution in [0, 0.1) is 0 Å². The fourth-order valence-corrected chi connectivity index (χ4v) is 6.10. The summed E-state index contributed by atoms with van der Waals surface area (Å²) in [5.41, 5.74) is 6.18. The summed E-state index contributed by atoms with van der Waals surface area (Å²) in [5.74, 6) is -0.433. The van der Waals surface area contributed by atoms with Gasteiger partial charge in [0.1, 0.15) is 0 Å². The van der Waals surface area contributed by atoms with Gasteiger partial charge in [0.05, 0.1) is 32.0 Å². The first-order chi connectivity index (χ1) is 20.5. The topological polar surface area (TPSA) is 89.5 Å². The van der Waals surface area contributed by atoms with Gasteiger partial charge in [-0.3, -0.25) is 4.79 Å². The maximum absolute atomic E-state index is 11.3. The predicted molar refractivity (Wildman–Crippen MR) is 158 cm³/mol. The molecule has 1 amide bonds. The zero-order valence-electron chi connectivity index (χ0n) is 24.2. The van der Waals surface area contributed by atoms with Gasteiger partial charge in [-0.2, -0.15) is 0 Å². The lowest BCUT2D eigenvalue weighted by atomic mass is 9.98. The van der Waals surface area contributed by atoms with Crippen LogP contribution >= 0.6 is 0 Å². The molecule has 42 heavy (non-hydrogen) atoms. The molecule has 2 N–H and O–H groups in total. The maximum atomic E-state index is 11.3. The highest BCUT2D eigenvalue weighted by atomic mass is 16.7. The van der Waals surface area contributed by atoms with Crippen molar-refractivity contribution in [3.8, 4) is 11.1 Å². The van der Waals surface area contributed by atoms with Gasteiger partial charge >= 0.3 is 0 Å². The van der Waals surface area contributed by atoms with E-state index in [9.17, 15) is 9.90 Å². The highest BCUT2D eigenvalue weighted by Crippen LogP contribution is 2.39. The Morgan fingerprint density at radius 1 is 0.905 bits per heavy atom. The van der Waals surface area contributed by atoms with Crippen molar-refractivity contribution in [1.82, 2.24) is 10.2 Å². The molecule has 3 atom stereocenters. The zero-order chi connectivity index (χ0) is 28.9. The predicted octanol–water partition coefficient (Wildman–Crippen LogP) is 4.87. The monoisotopic (exact) mass is 572 g/mol. The molecule has 3 aromatic carbocycles. The van der Waals surface area contributed by atoms with Crippen LogP contribution in [0.15, 0.2) is 72.8 Å². The van der Waals surface area contributed by atoms with Gasteiger partial charge < -0.3 is 34.3 Å². The Kier molecular flexibility index (Phi) is 9.00. The number of nitrogens with zero attached hydrogens (tertiary/aromatic N) is 1. The number of hydrogen-bond acceptors (Lipinski definition) is 7. The van der Waals surface area contributed by atoms with Gasteiger partial charge in [0.25, 0.3) is 0 Å². The van der Waals surface area contributed by atoms with E-state index in [4.69, 9.17) is 18.9 Å². The molecule has 3 heterocycles. The number of rotatable bonds is 8. The molecule has 3 fully saturated rings. The summed E-state index contributed by atoms with van der Waals surface area (Å²) in [6.45, 7) is 6.07. The second kappa shape index (κ2) is 13.0. The van der Waals surface area contributed by atoms with E-state index in [1.165, 1.54) is 6.92 Å². The fraction of sp³-hybridized carbons (Fsp3) is 0.441. The van der Waals surface area contributed by atoms with E-state index in [1.54, 1.807) is 0 Å². The van der Waals surface area contributed by atoms with Crippen molar-refractivity contribution in [1.29, 1.82) is 0 Å². The number of carbonyl (C=O) groups excluding carboxylic acids is 1. The minimum absolute atomic E-state index is 0.00383. The van der Waals surface area contributed by atoms with Crippen molar-refractivity contribution in [2.45, 2.75) is 63.6 Å². The van der Waals surface area contributed by atoms with Crippen molar-refractivity contribution in [3.05, 3.63) is 95.1 Å². The average molecular weight is 573 g/mol. The van der Waals surface area contributed by atoms with Crippen molar-refractivity contribution >= 4 is 5.91 Å². The van der Waals surface area contributed by atoms with Gasteiger partial charge in [-0.1, -0.05) is 66.7 Å². The molecule has 0 saturated carbocycles. The molecule has 0 bridgehead atoms. The molecule has 6 rings (SSSR count). The summed E-state index contributed by atoms with van der Waals surface area (Å²) in [5, 5.41) is 12.4. The molecule has 0 unspecified atom stereocenters. The van der Waals surface area contributed by atoms with Crippen LogP contribution in [0.1, 0.15) is 60.8 Å². The molecule has 3 aliphatic heterocycles. The number of amides is 1. The average Bonchev–Trinajstić information content (AvgIpc) is 3.49. The third kappa shape index (κ3) is 6.92. The van der Waals surface area contributed by atoms with Gasteiger partial charge in [-0.25, -0.2) is 0 Å². The van der Waals surface area contributed by atoms with E-state index in [-0.39, 0.29) is 24.7 Å². The number of aliphatic hydroxyl groups excluding tert-OH is 1. The van der Waals surface area contributed by atoms with E-state index >= 15 is 0 Å². The highest BCUT2D eigenvalue weighted by molar-refractivity contribution is 5.73. The molecule has 8 nitrogen and oxygen atoms in total. The van der Waals surface area contributed by atoms with Gasteiger partial charge in [-0.05, 0) is 33.9 Å². The Bertz CT molecular complexity index is 1330. The summed E-state index contributed by atoms with van der Waals surface area (Å²) in [6, 6.07) is 24.6. The van der Waals surface area contributed by atoms with Crippen LogP contribution in [0.2, 0.25) is 0 Å². The SMILES string of the molecule is CC(=O)NCc1cccc(-c2ccc([C@@H]3O[C@H](CN4CCC5(CC4)OCCO5)C[C@H](c4ccc(CO)cc4)O3)cc2)c1. The van der Waals surface area contributed by atoms with Crippen LogP contribution in [0.3, 0.4) is 0 Å². The van der Waals surface area contributed by atoms with Crippen molar-refractivity contribution in [2.75, 3.05) is 32.8 Å². The van der Waals surface area contributed by atoms with E-state index in [2.05, 4.69) is 46.6 Å². The first kappa shape index (κ1) is 29.0. The quantitative estimate of drug-likeness (QED) is 0.398. The van der Waals surface area contributed by atoms with E-state index in [1.807, 2.05) is 36.4 Å². The van der Waals surface area contributed by atoms with Crippen LogP contribution in [0.5, 0.6) is 0 Å². The molecular weight excluding hydrogens is 532 g/mol. The largest absolute Gasteiger partial charge is 0.392 e. The summed E-state index contributed by atoms with van der Waals surface area (Å²) in [6.07, 6.45) is 1.88. The summed E-state index contributed by atoms with van der Waals surface area (Å²) in [7, 11) is 0.